The van der Waals surface area contributed by atoms with Crippen LogP contribution in [0.4, 0.5) is 0 Å². The number of fused-ring (bicyclic) bond motifs is 1. The van der Waals surface area contributed by atoms with Crippen LogP contribution >= 0.6 is 11.3 Å². The summed E-state index contributed by atoms with van der Waals surface area (Å²) < 4.78 is 1.42. The molecule has 1 nitrogen and oxygen atoms in total. The molecular formula is C18H25NS. The van der Waals surface area contributed by atoms with Crippen LogP contribution in [0.5, 0.6) is 0 Å². The molecule has 0 bridgehead atoms. The molecule has 0 aliphatic heterocycles. The Balaban J connectivity index is 1.90. The van der Waals surface area contributed by atoms with E-state index in [4.69, 9.17) is 0 Å². The van der Waals surface area contributed by atoms with Crippen LogP contribution in [0.1, 0.15) is 44.7 Å². The van der Waals surface area contributed by atoms with Crippen molar-refractivity contribution in [1.29, 1.82) is 0 Å². The second-order valence-corrected chi connectivity index (χ2v) is 7.39. The molecule has 1 heterocycles. The van der Waals surface area contributed by atoms with E-state index in [0.29, 0.717) is 6.04 Å². The maximum absolute atomic E-state index is 3.61. The Kier molecular flexibility index (Phi) is 4.13. The fraction of sp³-hybridized carbons (Fsp3) is 0.556. The van der Waals surface area contributed by atoms with Crippen LogP contribution < -0.4 is 5.32 Å². The average Bonchev–Trinajstić information content (AvgIpc) is 2.88. The molecule has 1 aliphatic rings. The van der Waals surface area contributed by atoms with Crippen LogP contribution in [0.15, 0.2) is 29.6 Å². The predicted molar refractivity (Wildman–Crippen MR) is 89.3 cm³/mol. The van der Waals surface area contributed by atoms with Gasteiger partial charge in [-0.25, -0.2) is 0 Å². The summed E-state index contributed by atoms with van der Waals surface area (Å²) in [5.74, 6) is 2.53. The molecule has 1 aromatic carbocycles. The van der Waals surface area contributed by atoms with Gasteiger partial charge in [0.15, 0.2) is 0 Å². The largest absolute Gasteiger partial charge is 0.313 e. The molecule has 4 atom stereocenters. The Morgan fingerprint density at radius 3 is 2.70 bits per heavy atom. The summed E-state index contributed by atoms with van der Waals surface area (Å²) in [7, 11) is 2.12. The molecule has 0 amide bonds. The van der Waals surface area contributed by atoms with Gasteiger partial charge in [-0.15, -0.1) is 11.3 Å². The molecule has 1 saturated carbocycles. The Labute approximate surface area is 126 Å². The summed E-state index contributed by atoms with van der Waals surface area (Å²) in [6.07, 6.45) is 4.10. The smallest absolute Gasteiger partial charge is 0.0360 e. The number of thiophene rings is 1. The van der Waals surface area contributed by atoms with Gasteiger partial charge < -0.3 is 5.32 Å². The fourth-order valence-corrected chi connectivity index (χ4v) is 4.77. The zero-order chi connectivity index (χ0) is 14.1. The summed E-state index contributed by atoms with van der Waals surface area (Å²) in [6.45, 7) is 4.84. The van der Waals surface area contributed by atoms with Crippen LogP contribution in [0.25, 0.3) is 10.1 Å². The third-order valence-corrected chi connectivity index (χ3v) is 6.25. The summed E-state index contributed by atoms with van der Waals surface area (Å²) in [4.78, 5) is 0. The molecule has 1 aliphatic carbocycles. The normalized spacial score (nSPS) is 28.6. The molecule has 2 aromatic rings. The highest BCUT2D eigenvalue weighted by molar-refractivity contribution is 7.17. The molecule has 1 N–H and O–H groups in total. The highest BCUT2D eigenvalue weighted by Gasteiger charge is 2.31. The third kappa shape index (κ3) is 2.51. The first-order valence-electron chi connectivity index (χ1n) is 7.84. The van der Waals surface area contributed by atoms with Gasteiger partial charge in [0.25, 0.3) is 0 Å². The van der Waals surface area contributed by atoms with Crippen LogP contribution in [-0.2, 0) is 0 Å². The maximum Gasteiger partial charge on any atom is 0.0360 e. The lowest BCUT2D eigenvalue weighted by Gasteiger charge is -2.36. The number of rotatable bonds is 3. The predicted octanol–water partition coefficient (Wildman–Crippen LogP) is 5.23. The van der Waals surface area contributed by atoms with Crippen molar-refractivity contribution < 1.29 is 0 Å². The van der Waals surface area contributed by atoms with Gasteiger partial charge in [-0.3, -0.25) is 0 Å². The third-order valence-electron chi connectivity index (χ3n) is 5.27. The van der Waals surface area contributed by atoms with Gasteiger partial charge in [0.05, 0.1) is 0 Å². The van der Waals surface area contributed by atoms with Gasteiger partial charge >= 0.3 is 0 Å². The second-order valence-electron chi connectivity index (χ2n) is 6.48. The van der Waals surface area contributed by atoms with Crippen molar-refractivity contribution in [1.82, 2.24) is 5.32 Å². The molecule has 0 radical (unpaired) electrons. The lowest BCUT2D eigenvalue weighted by molar-refractivity contribution is 0.175. The van der Waals surface area contributed by atoms with Crippen LogP contribution in [0.3, 0.4) is 0 Å². The highest BCUT2D eigenvalue weighted by atomic mass is 32.1. The highest BCUT2D eigenvalue weighted by Crippen LogP contribution is 2.42. The molecule has 2 heteroatoms. The van der Waals surface area contributed by atoms with Crippen molar-refractivity contribution in [3.8, 4) is 0 Å². The van der Waals surface area contributed by atoms with E-state index in [1.165, 1.54) is 34.9 Å². The van der Waals surface area contributed by atoms with Crippen molar-refractivity contribution >= 4 is 21.4 Å². The lowest BCUT2D eigenvalue weighted by Crippen LogP contribution is -2.31. The summed E-state index contributed by atoms with van der Waals surface area (Å²) in [5, 5.41) is 7.43. The van der Waals surface area contributed by atoms with Crippen molar-refractivity contribution in [3.05, 3.63) is 35.2 Å². The van der Waals surface area contributed by atoms with Crippen LogP contribution in [0.2, 0.25) is 0 Å². The zero-order valence-electron chi connectivity index (χ0n) is 12.7. The first-order valence-corrected chi connectivity index (χ1v) is 8.72. The Bertz CT molecular complexity index is 574. The standard InChI is InChI=1S/C18H25NS/c1-12-8-9-14(10-13(12)2)18(19-3)16-11-20-17-7-5-4-6-15(16)17/h4-7,11-14,18-19H,8-10H2,1-3H3. The van der Waals surface area contributed by atoms with Crippen LogP contribution in [-0.4, -0.2) is 7.05 Å². The van der Waals surface area contributed by atoms with E-state index in [-0.39, 0.29) is 0 Å². The Morgan fingerprint density at radius 1 is 1.15 bits per heavy atom. The Morgan fingerprint density at radius 2 is 1.95 bits per heavy atom. The maximum atomic E-state index is 3.61. The number of hydrogen-bond donors (Lipinski definition) is 1. The molecule has 1 aromatic heterocycles. The number of hydrogen-bond acceptors (Lipinski definition) is 2. The average molecular weight is 287 g/mol. The quantitative estimate of drug-likeness (QED) is 0.814. The van der Waals surface area contributed by atoms with Gasteiger partial charge in [-0.2, -0.15) is 0 Å². The van der Waals surface area contributed by atoms with Gasteiger partial charge in [0.1, 0.15) is 0 Å². The first kappa shape index (κ1) is 14.1. The van der Waals surface area contributed by atoms with Gasteiger partial charge in [0.2, 0.25) is 0 Å². The van der Waals surface area contributed by atoms with E-state index in [1.807, 2.05) is 11.3 Å². The second kappa shape index (κ2) is 5.87. The Hall–Kier alpha value is -0.860. The minimum absolute atomic E-state index is 0.515. The zero-order valence-corrected chi connectivity index (χ0v) is 13.5. The number of benzene rings is 1. The molecule has 0 saturated heterocycles. The van der Waals surface area contributed by atoms with E-state index in [9.17, 15) is 0 Å². The molecule has 4 unspecified atom stereocenters. The van der Waals surface area contributed by atoms with E-state index in [2.05, 4.69) is 55.9 Å². The van der Waals surface area contributed by atoms with E-state index in [1.54, 1.807) is 0 Å². The molecule has 20 heavy (non-hydrogen) atoms. The monoisotopic (exact) mass is 287 g/mol. The molecular weight excluding hydrogens is 262 g/mol. The minimum Gasteiger partial charge on any atom is -0.313 e. The van der Waals surface area contributed by atoms with Crippen molar-refractivity contribution in [2.45, 2.75) is 39.2 Å². The lowest BCUT2D eigenvalue weighted by atomic mass is 9.72. The first-order chi connectivity index (χ1) is 9.70. The molecule has 108 valence electrons. The summed E-state index contributed by atoms with van der Waals surface area (Å²) >= 11 is 1.88. The molecule has 0 spiro atoms. The SMILES string of the molecule is CNC(c1csc2ccccc12)C1CCC(C)C(C)C1. The van der Waals surface area contributed by atoms with E-state index >= 15 is 0 Å². The minimum atomic E-state index is 0.515. The van der Waals surface area contributed by atoms with E-state index in [0.717, 1.165) is 17.8 Å². The van der Waals surface area contributed by atoms with Gasteiger partial charge in [-0.1, -0.05) is 38.5 Å². The fourth-order valence-electron chi connectivity index (χ4n) is 3.78. The number of nitrogens with one attached hydrogen (secondary N) is 1. The molecule has 1 fully saturated rings. The van der Waals surface area contributed by atoms with Crippen LogP contribution in [0, 0.1) is 17.8 Å². The van der Waals surface area contributed by atoms with E-state index < -0.39 is 0 Å². The van der Waals surface area contributed by atoms with Crippen molar-refractivity contribution in [2.24, 2.45) is 17.8 Å². The van der Waals surface area contributed by atoms with Gasteiger partial charge in [0, 0.05) is 10.7 Å². The molecule has 3 rings (SSSR count). The van der Waals surface area contributed by atoms with Gasteiger partial charge in [-0.05, 0) is 60.0 Å². The topological polar surface area (TPSA) is 12.0 Å². The summed E-state index contributed by atoms with van der Waals surface area (Å²) in [5.41, 5.74) is 1.51. The van der Waals surface area contributed by atoms with Crippen molar-refractivity contribution in [2.75, 3.05) is 7.05 Å². The summed E-state index contributed by atoms with van der Waals surface area (Å²) in [6, 6.07) is 9.33. The van der Waals surface area contributed by atoms with Crippen molar-refractivity contribution in [3.63, 3.8) is 0 Å².